The van der Waals surface area contributed by atoms with Crippen LogP contribution in [-0.4, -0.2) is 43.1 Å². The van der Waals surface area contributed by atoms with Gasteiger partial charge in [-0.2, -0.15) is 0 Å². The second-order valence-electron chi connectivity index (χ2n) is 3.57. The summed E-state index contributed by atoms with van der Waals surface area (Å²) in [6.07, 6.45) is 3.45. The number of hydrogen-bond acceptors (Lipinski definition) is 2. The molecule has 13 heavy (non-hydrogen) atoms. The van der Waals surface area contributed by atoms with Crippen molar-refractivity contribution in [3.63, 3.8) is 0 Å². The van der Waals surface area contributed by atoms with Crippen molar-refractivity contribution in [2.24, 2.45) is 0 Å². The Morgan fingerprint density at radius 1 is 1.38 bits per heavy atom. The highest BCUT2D eigenvalue weighted by molar-refractivity contribution is 6.20. The molecule has 0 spiro atoms. The first kappa shape index (κ1) is 11.3. The maximum absolute atomic E-state index is 6.01. The van der Waals surface area contributed by atoms with E-state index in [9.17, 15) is 0 Å². The van der Waals surface area contributed by atoms with E-state index in [0.717, 1.165) is 32.5 Å². The SMILES string of the molecule is CCOCCCN1CCC(Cl)CC1. The Hall–Kier alpha value is 0.210. The summed E-state index contributed by atoms with van der Waals surface area (Å²) in [6, 6.07) is 0. The summed E-state index contributed by atoms with van der Waals surface area (Å²) < 4.78 is 5.29. The molecule has 1 rings (SSSR count). The van der Waals surface area contributed by atoms with Gasteiger partial charge in [-0.15, -0.1) is 11.6 Å². The van der Waals surface area contributed by atoms with Gasteiger partial charge >= 0.3 is 0 Å². The fourth-order valence-corrected chi connectivity index (χ4v) is 1.85. The molecule has 1 heterocycles. The highest BCUT2D eigenvalue weighted by Crippen LogP contribution is 2.15. The molecule has 0 N–H and O–H groups in total. The molecule has 0 unspecified atom stereocenters. The van der Waals surface area contributed by atoms with E-state index in [-0.39, 0.29) is 0 Å². The minimum absolute atomic E-state index is 0.420. The van der Waals surface area contributed by atoms with Gasteiger partial charge in [0, 0.05) is 25.1 Å². The molecule has 3 heteroatoms. The molecular weight excluding hydrogens is 186 g/mol. The molecule has 1 fully saturated rings. The molecule has 0 amide bonds. The summed E-state index contributed by atoms with van der Waals surface area (Å²) in [6.45, 7) is 7.28. The minimum atomic E-state index is 0.420. The Balaban J connectivity index is 1.96. The second-order valence-corrected chi connectivity index (χ2v) is 4.18. The molecule has 1 saturated heterocycles. The monoisotopic (exact) mass is 205 g/mol. The molecule has 0 aromatic rings. The number of ether oxygens (including phenoxy) is 1. The third kappa shape index (κ3) is 4.84. The summed E-state index contributed by atoms with van der Waals surface area (Å²) in [7, 11) is 0. The van der Waals surface area contributed by atoms with Crippen molar-refractivity contribution < 1.29 is 4.74 Å². The molecule has 0 bridgehead atoms. The van der Waals surface area contributed by atoms with Crippen LogP contribution in [0.3, 0.4) is 0 Å². The fraction of sp³-hybridized carbons (Fsp3) is 1.00. The number of rotatable bonds is 5. The lowest BCUT2D eigenvalue weighted by Gasteiger charge is -2.28. The van der Waals surface area contributed by atoms with Crippen LogP contribution in [0.2, 0.25) is 0 Å². The summed E-state index contributed by atoms with van der Waals surface area (Å²) >= 11 is 6.01. The summed E-state index contributed by atoms with van der Waals surface area (Å²) in [5, 5.41) is 0.420. The zero-order valence-electron chi connectivity index (χ0n) is 8.47. The van der Waals surface area contributed by atoms with Gasteiger partial charge in [0.05, 0.1) is 0 Å². The molecule has 0 saturated carbocycles. The number of piperidine rings is 1. The first-order valence-electron chi connectivity index (χ1n) is 5.27. The van der Waals surface area contributed by atoms with Gasteiger partial charge in [-0.1, -0.05) is 0 Å². The lowest BCUT2D eigenvalue weighted by molar-refractivity contribution is 0.127. The van der Waals surface area contributed by atoms with Gasteiger partial charge in [0.15, 0.2) is 0 Å². The van der Waals surface area contributed by atoms with Crippen molar-refractivity contribution in [3.05, 3.63) is 0 Å². The number of hydrogen-bond donors (Lipinski definition) is 0. The molecule has 0 aromatic heterocycles. The summed E-state index contributed by atoms with van der Waals surface area (Å²) in [5.74, 6) is 0. The van der Waals surface area contributed by atoms with Crippen LogP contribution in [0.4, 0.5) is 0 Å². The molecule has 1 aliphatic heterocycles. The van der Waals surface area contributed by atoms with Crippen LogP contribution in [0.15, 0.2) is 0 Å². The van der Waals surface area contributed by atoms with Gasteiger partial charge in [-0.05, 0) is 39.3 Å². The third-order valence-electron chi connectivity index (χ3n) is 2.48. The standard InChI is InChI=1S/C10H20ClNO/c1-2-13-9-3-6-12-7-4-10(11)5-8-12/h10H,2-9H2,1H3. The molecule has 78 valence electrons. The number of likely N-dealkylation sites (tertiary alicyclic amines) is 1. The van der Waals surface area contributed by atoms with Crippen LogP contribution in [0.5, 0.6) is 0 Å². The molecule has 0 atom stereocenters. The van der Waals surface area contributed by atoms with E-state index in [1.165, 1.54) is 19.6 Å². The maximum atomic E-state index is 6.01. The van der Waals surface area contributed by atoms with Crippen LogP contribution in [0.1, 0.15) is 26.2 Å². The van der Waals surface area contributed by atoms with E-state index >= 15 is 0 Å². The van der Waals surface area contributed by atoms with Crippen molar-refractivity contribution in [1.29, 1.82) is 0 Å². The van der Waals surface area contributed by atoms with E-state index in [0.29, 0.717) is 5.38 Å². The van der Waals surface area contributed by atoms with Crippen molar-refractivity contribution in [3.8, 4) is 0 Å². The van der Waals surface area contributed by atoms with Crippen LogP contribution >= 0.6 is 11.6 Å². The van der Waals surface area contributed by atoms with Crippen molar-refractivity contribution in [1.82, 2.24) is 4.90 Å². The molecule has 0 aliphatic carbocycles. The van der Waals surface area contributed by atoms with Crippen LogP contribution in [0.25, 0.3) is 0 Å². The zero-order valence-corrected chi connectivity index (χ0v) is 9.22. The van der Waals surface area contributed by atoms with Gasteiger partial charge in [0.25, 0.3) is 0 Å². The predicted molar refractivity (Wildman–Crippen MR) is 56.4 cm³/mol. The average Bonchev–Trinajstić information content (AvgIpc) is 2.15. The molecule has 2 nitrogen and oxygen atoms in total. The molecule has 0 radical (unpaired) electrons. The number of alkyl halides is 1. The zero-order chi connectivity index (χ0) is 9.52. The second kappa shape index (κ2) is 6.63. The van der Waals surface area contributed by atoms with Crippen LogP contribution in [0, 0.1) is 0 Å². The van der Waals surface area contributed by atoms with E-state index in [1.807, 2.05) is 6.92 Å². The Kier molecular flexibility index (Phi) is 5.76. The smallest absolute Gasteiger partial charge is 0.0478 e. The van der Waals surface area contributed by atoms with Gasteiger partial charge in [-0.3, -0.25) is 0 Å². The Morgan fingerprint density at radius 2 is 2.08 bits per heavy atom. The molecule has 1 aliphatic rings. The highest BCUT2D eigenvalue weighted by atomic mass is 35.5. The van der Waals surface area contributed by atoms with E-state index < -0.39 is 0 Å². The third-order valence-corrected chi connectivity index (χ3v) is 2.92. The van der Waals surface area contributed by atoms with Gasteiger partial charge in [0.1, 0.15) is 0 Å². The predicted octanol–water partition coefficient (Wildman–Crippen LogP) is 2.12. The molecular formula is C10H20ClNO. The summed E-state index contributed by atoms with van der Waals surface area (Å²) in [5.41, 5.74) is 0. The van der Waals surface area contributed by atoms with Crippen LogP contribution < -0.4 is 0 Å². The number of nitrogens with zero attached hydrogens (tertiary/aromatic N) is 1. The fourth-order valence-electron chi connectivity index (χ4n) is 1.66. The lowest BCUT2D eigenvalue weighted by atomic mass is 10.1. The largest absolute Gasteiger partial charge is 0.382 e. The normalized spacial score (nSPS) is 20.8. The topological polar surface area (TPSA) is 12.5 Å². The van der Waals surface area contributed by atoms with Gasteiger partial charge < -0.3 is 9.64 Å². The van der Waals surface area contributed by atoms with Crippen LogP contribution in [-0.2, 0) is 4.74 Å². The Morgan fingerprint density at radius 3 is 2.69 bits per heavy atom. The molecule has 0 aromatic carbocycles. The van der Waals surface area contributed by atoms with Gasteiger partial charge in [0.2, 0.25) is 0 Å². The van der Waals surface area contributed by atoms with Crippen molar-refractivity contribution >= 4 is 11.6 Å². The lowest BCUT2D eigenvalue weighted by Crippen LogP contribution is -2.35. The van der Waals surface area contributed by atoms with Crippen molar-refractivity contribution in [2.45, 2.75) is 31.6 Å². The minimum Gasteiger partial charge on any atom is -0.382 e. The maximum Gasteiger partial charge on any atom is 0.0478 e. The number of halogens is 1. The van der Waals surface area contributed by atoms with Crippen molar-refractivity contribution in [2.75, 3.05) is 32.8 Å². The average molecular weight is 206 g/mol. The first-order valence-corrected chi connectivity index (χ1v) is 5.70. The van der Waals surface area contributed by atoms with E-state index in [1.54, 1.807) is 0 Å². The quantitative estimate of drug-likeness (QED) is 0.504. The highest BCUT2D eigenvalue weighted by Gasteiger charge is 2.15. The van der Waals surface area contributed by atoms with Gasteiger partial charge in [-0.25, -0.2) is 0 Å². The summed E-state index contributed by atoms with van der Waals surface area (Å²) in [4.78, 5) is 2.48. The first-order chi connectivity index (χ1) is 6.33. The van der Waals surface area contributed by atoms with E-state index in [2.05, 4.69) is 4.90 Å². The Labute approximate surface area is 86.2 Å². The van der Waals surface area contributed by atoms with E-state index in [4.69, 9.17) is 16.3 Å². The Bertz CT molecular complexity index is 124.